The average Bonchev–Trinajstić information content (AvgIpc) is 3.15. The quantitative estimate of drug-likeness (QED) is 0.0418. The van der Waals surface area contributed by atoms with E-state index in [4.69, 9.17) is 38.9 Å². The summed E-state index contributed by atoms with van der Waals surface area (Å²) in [7, 11) is 0. The van der Waals surface area contributed by atoms with Gasteiger partial charge in [-0.05, 0) is 47.0 Å². The molecule has 0 aliphatic rings. The van der Waals surface area contributed by atoms with Crippen molar-refractivity contribution in [2.24, 2.45) is 29.4 Å². The fourth-order valence-electron chi connectivity index (χ4n) is 3.14. The Kier molecular flexibility index (Phi) is 55.8. The van der Waals surface area contributed by atoms with E-state index in [9.17, 15) is 47.9 Å². The van der Waals surface area contributed by atoms with E-state index in [1.807, 2.05) is 13.8 Å². The van der Waals surface area contributed by atoms with Gasteiger partial charge in [-0.15, -0.1) is 0 Å². The molecular formula is C44H82N2O18. The molecule has 64 heavy (non-hydrogen) atoms. The first kappa shape index (κ1) is 73.2. The maximum atomic E-state index is 11.1. The third-order valence-electron chi connectivity index (χ3n) is 6.18. The fraction of sp³-hybridized carbons (Fsp3) is 0.727. The summed E-state index contributed by atoms with van der Waals surface area (Å²) in [5.41, 5.74) is 5.63. The van der Waals surface area contributed by atoms with Crippen LogP contribution >= 0.6 is 0 Å². The van der Waals surface area contributed by atoms with Gasteiger partial charge in [-0.1, -0.05) is 69.2 Å². The first-order valence-electron chi connectivity index (χ1n) is 20.8. The average molecular weight is 927 g/mol. The van der Waals surface area contributed by atoms with Crippen LogP contribution in [-0.4, -0.2) is 111 Å². The van der Waals surface area contributed by atoms with Gasteiger partial charge >= 0.3 is 41.8 Å². The number of carbonyl (C=O) groups excluding carboxylic acids is 10. The number of ketones is 3. The number of hydrogen-bond acceptors (Lipinski definition) is 19. The highest BCUT2D eigenvalue weighted by Gasteiger charge is 2.11. The van der Waals surface area contributed by atoms with Crippen molar-refractivity contribution in [2.75, 3.05) is 46.2 Å². The summed E-state index contributed by atoms with van der Waals surface area (Å²) >= 11 is 0. The van der Waals surface area contributed by atoms with Crippen LogP contribution in [0.1, 0.15) is 142 Å². The highest BCUT2D eigenvalue weighted by atomic mass is 16.6. The highest BCUT2D eigenvalue weighted by molar-refractivity contribution is 5.97. The highest BCUT2D eigenvalue weighted by Crippen LogP contribution is 2.01. The Bertz CT molecular complexity index is 1310. The molecule has 0 aromatic rings. The second-order valence-electron chi connectivity index (χ2n) is 14.7. The zero-order valence-electron chi connectivity index (χ0n) is 41.0. The number of hydrogen-bond donors (Lipinski definition) is 2. The summed E-state index contributed by atoms with van der Waals surface area (Å²) in [5, 5.41) is 0. The molecule has 0 bridgehead atoms. The summed E-state index contributed by atoms with van der Waals surface area (Å²) in [5.74, 6) is -2.76. The molecule has 0 heterocycles. The van der Waals surface area contributed by atoms with Gasteiger partial charge in [0.1, 0.15) is 57.0 Å². The second kappa shape index (κ2) is 48.8. The Balaban J connectivity index is -0.000000130. The minimum atomic E-state index is -0.532. The van der Waals surface area contributed by atoms with Crippen molar-refractivity contribution in [3.05, 3.63) is 11.8 Å². The number of nitrogens with two attached hydrogens (primary N) is 1. The van der Waals surface area contributed by atoms with E-state index in [1.165, 1.54) is 26.8 Å². The SMILES string of the molecule is CC(=O)CC(=O)CCCOC(=O)C(C)C.CC(C)=O.CC(N)=CC(=O)OCCOC(=O)C(C)C.CCCC(=O)OCCOC(=O)C(C)C.CCCC(=O)OCCOC(=O)C(C)C.N.O. The molecule has 0 saturated heterocycles. The molecule has 0 radical (unpaired) electrons. The first-order chi connectivity index (χ1) is 28.7. The summed E-state index contributed by atoms with van der Waals surface area (Å²) in [6.07, 6.45) is 4.31. The van der Waals surface area contributed by atoms with Crippen molar-refractivity contribution in [1.29, 1.82) is 0 Å². The molecular weight excluding hydrogens is 844 g/mol. The largest absolute Gasteiger partial charge is 0.465 e. The van der Waals surface area contributed by atoms with Gasteiger partial charge in [0.15, 0.2) is 0 Å². The van der Waals surface area contributed by atoms with Crippen molar-refractivity contribution in [1.82, 2.24) is 6.15 Å². The minimum absolute atomic E-state index is 0. The summed E-state index contributed by atoms with van der Waals surface area (Å²) in [4.78, 5) is 108. The van der Waals surface area contributed by atoms with Gasteiger partial charge in [-0.2, -0.15) is 0 Å². The molecule has 0 aliphatic carbocycles. The Hall–Kier alpha value is -5.24. The van der Waals surface area contributed by atoms with Crippen LogP contribution in [0.4, 0.5) is 0 Å². The maximum Gasteiger partial charge on any atom is 0.332 e. The number of allylic oxidation sites excluding steroid dienone is 1. The zero-order chi connectivity index (χ0) is 49.2. The Morgan fingerprint density at radius 3 is 1.02 bits per heavy atom. The van der Waals surface area contributed by atoms with Crippen LogP contribution in [-0.2, 0) is 81.1 Å². The first-order valence-corrected chi connectivity index (χ1v) is 20.8. The summed E-state index contributed by atoms with van der Waals surface area (Å²) in [6, 6.07) is 0. The molecule has 20 nitrogen and oxygen atoms in total. The van der Waals surface area contributed by atoms with E-state index in [2.05, 4.69) is 0 Å². The third kappa shape index (κ3) is 63.4. The molecule has 7 N–H and O–H groups in total. The Morgan fingerprint density at radius 2 is 0.750 bits per heavy atom. The minimum Gasteiger partial charge on any atom is -0.465 e. The lowest BCUT2D eigenvalue weighted by molar-refractivity contribution is -0.154. The molecule has 0 rings (SSSR count). The lowest BCUT2D eigenvalue weighted by Crippen LogP contribution is -2.16. The van der Waals surface area contributed by atoms with Crippen LogP contribution in [0.2, 0.25) is 0 Å². The molecule has 0 saturated carbocycles. The molecule has 0 unspecified atom stereocenters. The number of carbonyl (C=O) groups is 10. The lowest BCUT2D eigenvalue weighted by Gasteiger charge is -2.07. The topological polar surface area (TPSA) is 328 Å². The van der Waals surface area contributed by atoms with Gasteiger partial charge in [-0.25, -0.2) is 4.79 Å². The fourth-order valence-corrected chi connectivity index (χ4v) is 3.14. The number of Topliss-reactive ketones (excluding diaryl/α,β-unsaturated/α-hetero) is 3. The van der Waals surface area contributed by atoms with Crippen LogP contribution < -0.4 is 11.9 Å². The molecule has 0 amide bonds. The van der Waals surface area contributed by atoms with Crippen molar-refractivity contribution in [2.45, 2.75) is 142 Å². The molecule has 0 aliphatic heterocycles. The zero-order valence-corrected chi connectivity index (χ0v) is 41.0. The van der Waals surface area contributed by atoms with Crippen molar-refractivity contribution >= 4 is 59.1 Å². The van der Waals surface area contributed by atoms with E-state index in [0.29, 0.717) is 31.4 Å². The second-order valence-corrected chi connectivity index (χ2v) is 14.7. The standard InChI is InChI=1S/C11H18O4.C10H17NO4.2C10H18O4.C3H6O.H3N.H2O/c1-8(2)11(14)15-6-4-5-10(13)7-9(3)12;1-7(2)10(13)15-5-4-14-9(12)6-8(3)11;2*1-4-5-9(11)13-6-7-14-10(12)8(2)3;1-3(2)4;;/h8H,4-7H2,1-3H3;6-7H,4-5,11H2,1-3H3;2*8H,4-7H2,1-3H3;1-2H3;1H3;1H2. The normalized spacial score (nSPS) is 9.81. The van der Waals surface area contributed by atoms with E-state index < -0.39 is 5.97 Å². The van der Waals surface area contributed by atoms with Crippen molar-refractivity contribution in [3.63, 3.8) is 0 Å². The molecule has 376 valence electrons. The van der Waals surface area contributed by atoms with Crippen molar-refractivity contribution in [3.8, 4) is 0 Å². The smallest absolute Gasteiger partial charge is 0.332 e. The van der Waals surface area contributed by atoms with Crippen LogP contribution in [0.3, 0.4) is 0 Å². The molecule has 0 aromatic carbocycles. The predicted octanol–water partition coefficient (Wildman–Crippen LogP) is 5.10. The van der Waals surface area contributed by atoms with Gasteiger partial charge in [-0.3, -0.25) is 38.4 Å². The Morgan fingerprint density at radius 1 is 0.469 bits per heavy atom. The number of ether oxygens (including phenoxy) is 7. The number of esters is 7. The molecule has 20 heteroatoms. The van der Waals surface area contributed by atoms with Gasteiger partial charge < -0.3 is 55.3 Å². The molecule has 0 spiro atoms. The molecule has 0 aromatic heterocycles. The maximum absolute atomic E-state index is 11.1. The monoisotopic (exact) mass is 927 g/mol. The molecule has 0 atom stereocenters. The van der Waals surface area contributed by atoms with E-state index in [1.54, 1.807) is 62.3 Å². The van der Waals surface area contributed by atoms with Crippen LogP contribution in [0.15, 0.2) is 11.8 Å². The Labute approximate surface area is 380 Å². The summed E-state index contributed by atoms with van der Waals surface area (Å²) < 4.78 is 33.6. The number of rotatable bonds is 24. The van der Waals surface area contributed by atoms with E-state index in [0.717, 1.165) is 12.8 Å². The van der Waals surface area contributed by atoms with Crippen molar-refractivity contribution < 1.29 is 86.6 Å². The van der Waals surface area contributed by atoms with Crippen LogP contribution in [0, 0.1) is 23.7 Å². The van der Waals surface area contributed by atoms with Gasteiger partial charge in [0.25, 0.3) is 0 Å². The van der Waals surface area contributed by atoms with Gasteiger partial charge in [0.2, 0.25) is 0 Å². The van der Waals surface area contributed by atoms with Crippen LogP contribution in [0.25, 0.3) is 0 Å². The summed E-state index contributed by atoms with van der Waals surface area (Å²) in [6.45, 7) is 24.8. The third-order valence-corrected chi connectivity index (χ3v) is 6.18. The van der Waals surface area contributed by atoms with Gasteiger partial charge in [0.05, 0.1) is 36.7 Å². The lowest BCUT2D eigenvalue weighted by atomic mass is 10.1. The van der Waals surface area contributed by atoms with Gasteiger partial charge in [0, 0.05) is 31.0 Å². The van der Waals surface area contributed by atoms with E-state index >= 15 is 0 Å². The predicted molar refractivity (Wildman–Crippen MR) is 238 cm³/mol. The molecule has 0 fully saturated rings. The van der Waals surface area contributed by atoms with E-state index in [-0.39, 0.29) is 141 Å². The van der Waals surface area contributed by atoms with Crippen LogP contribution in [0.5, 0.6) is 0 Å².